The molecule has 7 nitrogen and oxygen atoms in total. The molecule has 136 valence electrons. The third kappa shape index (κ3) is 2.64. The van der Waals surface area contributed by atoms with Crippen molar-refractivity contribution in [3.63, 3.8) is 0 Å². The van der Waals surface area contributed by atoms with Crippen LogP contribution in [0, 0.1) is 0 Å². The summed E-state index contributed by atoms with van der Waals surface area (Å²) in [4.78, 5) is 39.7. The second kappa shape index (κ2) is 6.28. The lowest BCUT2D eigenvalue weighted by Crippen LogP contribution is -2.48. The van der Waals surface area contributed by atoms with E-state index in [0.717, 1.165) is 4.57 Å². The minimum atomic E-state index is -0.736. The van der Waals surface area contributed by atoms with Crippen molar-refractivity contribution in [3.8, 4) is 0 Å². The molecule has 1 aliphatic rings. The summed E-state index contributed by atoms with van der Waals surface area (Å²) in [5, 5.41) is 3.28. The first-order valence-electron chi connectivity index (χ1n) is 8.50. The summed E-state index contributed by atoms with van der Waals surface area (Å²) in [7, 11) is 3.01. The number of nitrogens with zero attached hydrogens (tertiary/aromatic N) is 3. The number of carbonyl (C=O) groups is 1. The van der Waals surface area contributed by atoms with Crippen molar-refractivity contribution in [1.29, 1.82) is 0 Å². The molecule has 0 saturated carbocycles. The average Bonchev–Trinajstić information content (AvgIpc) is 2.70. The molecule has 7 heteroatoms. The third-order valence-electron chi connectivity index (χ3n) is 4.73. The first kappa shape index (κ1) is 16.8. The number of hydrogen-bond acceptors (Lipinski definition) is 4. The Hall–Kier alpha value is -3.61. The second-order valence-electron chi connectivity index (χ2n) is 6.45. The van der Waals surface area contributed by atoms with Gasteiger partial charge in [-0.25, -0.2) is 4.79 Å². The van der Waals surface area contributed by atoms with Crippen LogP contribution in [0.3, 0.4) is 0 Å². The standard InChI is InChI=1S/C20H18N4O3/c1-22-12-15(18(25)23(2)20(22)27)17-21-16-11-7-6-10-14(16)19(26)24(17)13-8-4-3-5-9-13/h3-12,17,21H,1-2H3. The van der Waals surface area contributed by atoms with E-state index < -0.39 is 17.4 Å². The maximum absolute atomic E-state index is 13.3. The molecule has 0 spiro atoms. The zero-order valence-electron chi connectivity index (χ0n) is 14.9. The highest BCUT2D eigenvalue weighted by Gasteiger charge is 2.35. The summed E-state index contributed by atoms with van der Waals surface area (Å²) >= 11 is 0. The molecule has 1 amide bonds. The molecule has 1 N–H and O–H groups in total. The fourth-order valence-corrected chi connectivity index (χ4v) is 3.35. The molecule has 0 saturated heterocycles. The number of nitrogens with one attached hydrogen (secondary N) is 1. The van der Waals surface area contributed by atoms with Gasteiger partial charge in [-0.05, 0) is 24.3 Å². The topological polar surface area (TPSA) is 76.3 Å². The number of rotatable bonds is 2. The molecule has 0 bridgehead atoms. The van der Waals surface area contributed by atoms with Gasteiger partial charge in [0.2, 0.25) is 0 Å². The minimum Gasteiger partial charge on any atom is -0.360 e. The van der Waals surface area contributed by atoms with Crippen LogP contribution in [-0.2, 0) is 14.1 Å². The summed E-state index contributed by atoms with van der Waals surface area (Å²) in [5.74, 6) is -0.212. The van der Waals surface area contributed by atoms with Crippen LogP contribution in [0.25, 0.3) is 0 Å². The molecule has 4 rings (SSSR count). The lowest BCUT2D eigenvalue weighted by atomic mass is 10.0. The fraction of sp³-hybridized carbons (Fsp3) is 0.150. The number of benzene rings is 2. The number of para-hydroxylation sites is 2. The van der Waals surface area contributed by atoms with Crippen LogP contribution in [0.5, 0.6) is 0 Å². The van der Waals surface area contributed by atoms with Crippen LogP contribution in [0.1, 0.15) is 22.1 Å². The number of aryl methyl sites for hydroxylation is 1. The average molecular weight is 362 g/mol. The van der Waals surface area contributed by atoms with Gasteiger partial charge in [0, 0.05) is 31.7 Å². The van der Waals surface area contributed by atoms with Gasteiger partial charge in [0.15, 0.2) is 0 Å². The molecule has 27 heavy (non-hydrogen) atoms. The zero-order chi connectivity index (χ0) is 19.1. The largest absolute Gasteiger partial charge is 0.360 e. The Bertz CT molecular complexity index is 1150. The van der Waals surface area contributed by atoms with Crippen molar-refractivity contribution < 1.29 is 4.79 Å². The molecule has 0 fully saturated rings. The molecule has 1 aromatic heterocycles. The zero-order valence-corrected chi connectivity index (χ0v) is 14.9. The summed E-state index contributed by atoms with van der Waals surface area (Å²) in [6.45, 7) is 0. The fourth-order valence-electron chi connectivity index (χ4n) is 3.35. The molecule has 1 atom stereocenters. The Balaban J connectivity index is 1.96. The highest BCUT2D eigenvalue weighted by Crippen LogP contribution is 2.35. The molecule has 3 aromatic rings. The van der Waals surface area contributed by atoms with E-state index in [1.54, 1.807) is 30.1 Å². The first-order valence-corrected chi connectivity index (χ1v) is 8.50. The van der Waals surface area contributed by atoms with Gasteiger partial charge in [-0.1, -0.05) is 30.3 Å². The van der Waals surface area contributed by atoms with Crippen LogP contribution in [0.15, 0.2) is 70.4 Å². The Morgan fingerprint density at radius 3 is 2.30 bits per heavy atom. The lowest BCUT2D eigenvalue weighted by molar-refractivity contribution is 0.0974. The van der Waals surface area contributed by atoms with E-state index in [9.17, 15) is 14.4 Å². The Morgan fingerprint density at radius 2 is 1.56 bits per heavy atom. The summed E-state index contributed by atoms with van der Waals surface area (Å²) < 4.78 is 2.39. The second-order valence-corrected chi connectivity index (χ2v) is 6.45. The van der Waals surface area contributed by atoms with Crippen molar-refractivity contribution in [2.45, 2.75) is 6.17 Å². The van der Waals surface area contributed by atoms with E-state index in [1.165, 1.54) is 17.8 Å². The van der Waals surface area contributed by atoms with E-state index in [4.69, 9.17) is 0 Å². The quantitative estimate of drug-likeness (QED) is 0.755. The van der Waals surface area contributed by atoms with E-state index in [1.807, 2.05) is 36.4 Å². The van der Waals surface area contributed by atoms with Gasteiger partial charge in [-0.3, -0.25) is 19.1 Å². The van der Waals surface area contributed by atoms with Crippen LogP contribution in [-0.4, -0.2) is 15.0 Å². The third-order valence-corrected chi connectivity index (χ3v) is 4.73. The maximum Gasteiger partial charge on any atom is 0.330 e. The number of amides is 1. The van der Waals surface area contributed by atoms with Crippen LogP contribution < -0.4 is 21.5 Å². The van der Waals surface area contributed by atoms with Gasteiger partial charge in [0.05, 0.1) is 11.1 Å². The molecule has 1 unspecified atom stereocenters. The molecule has 2 aromatic carbocycles. The predicted octanol–water partition coefficient (Wildman–Crippen LogP) is 1.86. The minimum absolute atomic E-state index is 0.212. The van der Waals surface area contributed by atoms with Crippen molar-refractivity contribution in [3.05, 3.63) is 92.8 Å². The van der Waals surface area contributed by atoms with Crippen LogP contribution in [0.4, 0.5) is 11.4 Å². The van der Waals surface area contributed by atoms with Gasteiger partial charge in [-0.2, -0.15) is 0 Å². The van der Waals surface area contributed by atoms with Crippen molar-refractivity contribution in [1.82, 2.24) is 9.13 Å². The maximum atomic E-state index is 13.3. The van der Waals surface area contributed by atoms with Crippen molar-refractivity contribution in [2.75, 3.05) is 10.2 Å². The van der Waals surface area contributed by atoms with Gasteiger partial charge in [-0.15, -0.1) is 0 Å². The highest BCUT2D eigenvalue weighted by molar-refractivity contribution is 6.12. The van der Waals surface area contributed by atoms with Crippen LogP contribution >= 0.6 is 0 Å². The van der Waals surface area contributed by atoms with E-state index >= 15 is 0 Å². The summed E-state index contributed by atoms with van der Waals surface area (Å²) in [6, 6.07) is 16.3. The van der Waals surface area contributed by atoms with E-state index in [2.05, 4.69) is 5.32 Å². The Kier molecular flexibility index (Phi) is 3.92. The number of fused-ring (bicyclic) bond motifs is 1. The number of hydrogen-bond donors (Lipinski definition) is 1. The van der Waals surface area contributed by atoms with Crippen molar-refractivity contribution >= 4 is 17.3 Å². The summed E-state index contributed by atoms with van der Waals surface area (Å²) in [5.41, 5.74) is 1.29. The number of aromatic nitrogens is 2. The molecule has 2 heterocycles. The van der Waals surface area contributed by atoms with Gasteiger partial charge >= 0.3 is 5.69 Å². The Labute approximate surface area is 155 Å². The summed E-state index contributed by atoms with van der Waals surface area (Å²) in [6.07, 6.45) is 0.750. The number of anilines is 2. The predicted molar refractivity (Wildman–Crippen MR) is 103 cm³/mol. The smallest absolute Gasteiger partial charge is 0.330 e. The van der Waals surface area contributed by atoms with Gasteiger partial charge in [0.25, 0.3) is 11.5 Å². The van der Waals surface area contributed by atoms with Gasteiger partial charge < -0.3 is 9.88 Å². The normalized spacial score (nSPS) is 16.0. The monoisotopic (exact) mass is 362 g/mol. The van der Waals surface area contributed by atoms with E-state index in [0.29, 0.717) is 22.5 Å². The first-order chi connectivity index (χ1) is 13.0. The molecular weight excluding hydrogens is 344 g/mol. The number of carbonyl (C=O) groups excluding carboxylic acids is 1. The highest BCUT2D eigenvalue weighted by atomic mass is 16.2. The molecule has 0 aliphatic carbocycles. The van der Waals surface area contributed by atoms with E-state index in [-0.39, 0.29) is 5.91 Å². The lowest BCUT2D eigenvalue weighted by Gasteiger charge is -2.37. The molecule has 1 aliphatic heterocycles. The molecular formula is C20H18N4O3. The SMILES string of the molecule is Cn1cc(C2Nc3ccccc3C(=O)N2c2ccccc2)c(=O)n(C)c1=O. The Morgan fingerprint density at radius 1 is 0.889 bits per heavy atom. The van der Waals surface area contributed by atoms with Crippen molar-refractivity contribution in [2.24, 2.45) is 14.1 Å². The molecule has 0 radical (unpaired) electrons. The van der Waals surface area contributed by atoms with Crippen LogP contribution in [0.2, 0.25) is 0 Å². The van der Waals surface area contributed by atoms with Gasteiger partial charge in [0.1, 0.15) is 6.17 Å².